The largest absolute Gasteiger partial charge is 0.480 e. The zero-order chi connectivity index (χ0) is 13.0. The Labute approximate surface area is 115 Å². The Hall–Kier alpha value is -0.920. The minimum atomic E-state index is 0.211. The Morgan fingerprint density at radius 2 is 2.11 bits per heavy atom. The minimum absolute atomic E-state index is 0.211. The summed E-state index contributed by atoms with van der Waals surface area (Å²) in [6.07, 6.45) is 1.71. The fraction of sp³-hybridized carbons (Fsp3) is 0.636. The molecule has 1 aromatic heterocycles. The zero-order valence-corrected chi connectivity index (χ0v) is 11.9. The Bertz CT molecular complexity index is 397. The second-order valence-corrected chi connectivity index (χ2v) is 4.93. The molecule has 0 saturated carbocycles. The van der Waals surface area contributed by atoms with Gasteiger partial charge >= 0.3 is 0 Å². The Kier molecular flexibility index (Phi) is 4.73. The molecule has 1 aliphatic heterocycles. The summed E-state index contributed by atoms with van der Waals surface area (Å²) in [4.78, 5) is 13.0. The summed E-state index contributed by atoms with van der Waals surface area (Å²) >= 11 is 3.34. The first-order valence-corrected chi connectivity index (χ1v) is 6.68. The highest BCUT2D eigenvalue weighted by atomic mass is 79.9. The summed E-state index contributed by atoms with van der Waals surface area (Å²) in [7, 11) is 1.59. The first-order chi connectivity index (χ1) is 8.74. The number of aliphatic hydroxyl groups excluding tert-OH is 1. The van der Waals surface area contributed by atoms with Gasteiger partial charge in [-0.3, -0.25) is 4.90 Å². The lowest BCUT2D eigenvalue weighted by Crippen LogP contribution is -2.47. The molecule has 2 heterocycles. The number of β-amino-alcohol motifs (C(OH)–C–C–N with tert-alkyl or cyclic N) is 1. The number of methoxy groups -OCH3 is 1. The van der Waals surface area contributed by atoms with Gasteiger partial charge in [0.2, 0.25) is 11.8 Å². The summed E-state index contributed by atoms with van der Waals surface area (Å²) in [6, 6.07) is 0. The Morgan fingerprint density at radius 1 is 1.39 bits per heavy atom. The number of anilines is 1. The Morgan fingerprint density at radius 3 is 2.72 bits per heavy atom. The van der Waals surface area contributed by atoms with Gasteiger partial charge in [-0.1, -0.05) is 0 Å². The van der Waals surface area contributed by atoms with E-state index in [1.807, 2.05) is 0 Å². The molecule has 1 saturated heterocycles. The van der Waals surface area contributed by atoms with Crippen molar-refractivity contribution in [2.75, 3.05) is 51.3 Å². The van der Waals surface area contributed by atoms with Gasteiger partial charge in [-0.05, 0) is 15.9 Å². The Balaban J connectivity index is 2.01. The molecular formula is C11H17BrN4O2. The number of nitrogens with zero attached hydrogens (tertiary/aromatic N) is 4. The van der Waals surface area contributed by atoms with E-state index in [2.05, 4.69) is 35.7 Å². The van der Waals surface area contributed by atoms with Crippen molar-refractivity contribution >= 4 is 21.9 Å². The van der Waals surface area contributed by atoms with E-state index >= 15 is 0 Å². The molecular weight excluding hydrogens is 300 g/mol. The van der Waals surface area contributed by atoms with Gasteiger partial charge in [0.15, 0.2) is 0 Å². The van der Waals surface area contributed by atoms with E-state index in [1.54, 1.807) is 13.3 Å². The molecule has 7 heteroatoms. The van der Waals surface area contributed by atoms with E-state index in [4.69, 9.17) is 9.84 Å². The molecule has 1 aromatic rings. The van der Waals surface area contributed by atoms with Crippen molar-refractivity contribution < 1.29 is 9.84 Å². The standard InChI is InChI=1S/C11H17BrN4O2/c1-18-10-9(12)8-13-11(14-10)16-4-2-15(3-5-16)6-7-17/h8,17H,2-7H2,1H3. The normalized spacial score (nSPS) is 16.9. The molecule has 2 rings (SSSR count). The molecule has 0 unspecified atom stereocenters. The number of hydrogen-bond donors (Lipinski definition) is 1. The fourth-order valence-electron chi connectivity index (χ4n) is 1.95. The molecule has 0 amide bonds. The monoisotopic (exact) mass is 316 g/mol. The summed E-state index contributed by atoms with van der Waals surface area (Å²) in [5.41, 5.74) is 0. The van der Waals surface area contributed by atoms with E-state index in [0.29, 0.717) is 11.8 Å². The molecule has 6 nitrogen and oxygen atoms in total. The zero-order valence-electron chi connectivity index (χ0n) is 10.3. The quantitative estimate of drug-likeness (QED) is 0.865. The predicted molar refractivity (Wildman–Crippen MR) is 72.0 cm³/mol. The first kappa shape index (κ1) is 13.5. The third kappa shape index (κ3) is 3.09. The number of ether oxygens (including phenoxy) is 1. The van der Waals surface area contributed by atoms with Crippen LogP contribution in [0.3, 0.4) is 0 Å². The number of hydrogen-bond acceptors (Lipinski definition) is 6. The van der Waals surface area contributed by atoms with Crippen LogP contribution >= 0.6 is 15.9 Å². The van der Waals surface area contributed by atoms with Gasteiger partial charge in [0.25, 0.3) is 0 Å². The molecule has 0 bridgehead atoms. The number of piperazine rings is 1. The van der Waals surface area contributed by atoms with Crippen LogP contribution in [0.1, 0.15) is 0 Å². The lowest BCUT2D eigenvalue weighted by molar-refractivity contribution is 0.188. The molecule has 0 spiro atoms. The van der Waals surface area contributed by atoms with Crippen LogP contribution in [0, 0.1) is 0 Å². The van der Waals surface area contributed by atoms with Gasteiger partial charge in [-0.2, -0.15) is 4.98 Å². The van der Waals surface area contributed by atoms with Crippen molar-refractivity contribution in [3.63, 3.8) is 0 Å². The maximum Gasteiger partial charge on any atom is 0.232 e. The molecule has 0 aliphatic carbocycles. The highest BCUT2D eigenvalue weighted by Crippen LogP contribution is 2.23. The van der Waals surface area contributed by atoms with Gasteiger partial charge in [0.05, 0.1) is 24.4 Å². The third-order valence-electron chi connectivity index (χ3n) is 2.96. The molecule has 1 aliphatic rings. The van der Waals surface area contributed by atoms with Crippen LogP contribution < -0.4 is 9.64 Å². The third-order valence-corrected chi connectivity index (χ3v) is 3.51. The summed E-state index contributed by atoms with van der Waals surface area (Å²) in [5, 5.41) is 8.90. The van der Waals surface area contributed by atoms with E-state index in [-0.39, 0.29) is 6.61 Å². The first-order valence-electron chi connectivity index (χ1n) is 5.89. The average Bonchev–Trinajstić information content (AvgIpc) is 2.41. The highest BCUT2D eigenvalue weighted by molar-refractivity contribution is 9.10. The highest BCUT2D eigenvalue weighted by Gasteiger charge is 2.19. The minimum Gasteiger partial charge on any atom is -0.480 e. The van der Waals surface area contributed by atoms with Crippen LogP contribution in [0.25, 0.3) is 0 Å². The van der Waals surface area contributed by atoms with E-state index in [1.165, 1.54) is 0 Å². The average molecular weight is 317 g/mol. The smallest absolute Gasteiger partial charge is 0.232 e. The van der Waals surface area contributed by atoms with Gasteiger partial charge in [0, 0.05) is 32.7 Å². The van der Waals surface area contributed by atoms with Crippen LogP contribution in [0.15, 0.2) is 10.7 Å². The van der Waals surface area contributed by atoms with Crippen LogP contribution in [0.5, 0.6) is 5.88 Å². The van der Waals surface area contributed by atoms with Crippen molar-refractivity contribution in [3.05, 3.63) is 10.7 Å². The van der Waals surface area contributed by atoms with Gasteiger partial charge in [-0.15, -0.1) is 0 Å². The molecule has 0 atom stereocenters. The van der Waals surface area contributed by atoms with Crippen molar-refractivity contribution in [1.82, 2.24) is 14.9 Å². The van der Waals surface area contributed by atoms with Crippen molar-refractivity contribution in [1.29, 1.82) is 0 Å². The number of halogens is 1. The van der Waals surface area contributed by atoms with Crippen molar-refractivity contribution in [2.24, 2.45) is 0 Å². The van der Waals surface area contributed by atoms with E-state index < -0.39 is 0 Å². The van der Waals surface area contributed by atoms with E-state index in [0.717, 1.165) is 37.2 Å². The summed E-state index contributed by atoms with van der Waals surface area (Å²) in [5.74, 6) is 1.25. The van der Waals surface area contributed by atoms with Gasteiger partial charge < -0.3 is 14.7 Å². The van der Waals surface area contributed by atoms with Crippen molar-refractivity contribution in [3.8, 4) is 5.88 Å². The summed E-state index contributed by atoms with van der Waals surface area (Å²) < 4.78 is 5.93. The fourth-order valence-corrected chi connectivity index (χ4v) is 2.30. The van der Waals surface area contributed by atoms with Crippen LogP contribution in [-0.4, -0.2) is 66.4 Å². The van der Waals surface area contributed by atoms with E-state index in [9.17, 15) is 0 Å². The number of aromatic nitrogens is 2. The van der Waals surface area contributed by atoms with Crippen LogP contribution in [0.2, 0.25) is 0 Å². The molecule has 0 radical (unpaired) electrons. The lowest BCUT2D eigenvalue weighted by atomic mass is 10.3. The molecule has 18 heavy (non-hydrogen) atoms. The topological polar surface area (TPSA) is 61.7 Å². The summed E-state index contributed by atoms with van der Waals surface area (Å²) in [6.45, 7) is 4.52. The SMILES string of the molecule is COc1nc(N2CCN(CCO)CC2)ncc1Br. The van der Waals surface area contributed by atoms with Crippen molar-refractivity contribution in [2.45, 2.75) is 0 Å². The predicted octanol–water partition coefficient (Wildman–Crippen LogP) is 0.362. The maximum atomic E-state index is 8.90. The lowest BCUT2D eigenvalue weighted by Gasteiger charge is -2.34. The van der Waals surface area contributed by atoms with Crippen LogP contribution in [-0.2, 0) is 0 Å². The molecule has 100 valence electrons. The number of rotatable bonds is 4. The second-order valence-electron chi connectivity index (χ2n) is 4.08. The van der Waals surface area contributed by atoms with Gasteiger partial charge in [-0.25, -0.2) is 4.98 Å². The molecule has 1 fully saturated rings. The molecule has 0 aromatic carbocycles. The van der Waals surface area contributed by atoms with Gasteiger partial charge in [0.1, 0.15) is 0 Å². The van der Waals surface area contributed by atoms with Crippen LogP contribution in [0.4, 0.5) is 5.95 Å². The molecule has 1 N–H and O–H groups in total. The maximum absolute atomic E-state index is 8.90. The number of aliphatic hydroxyl groups is 1. The second kappa shape index (κ2) is 6.31.